The van der Waals surface area contributed by atoms with E-state index in [4.69, 9.17) is 10.1 Å². The molecule has 1 aliphatic heterocycles. The quantitative estimate of drug-likeness (QED) is 0.489. The Hall–Kier alpha value is -3.58. The van der Waals surface area contributed by atoms with Crippen molar-refractivity contribution in [3.63, 3.8) is 0 Å². The summed E-state index contributed by atoms with van der Waals surface area (Å²) in [5.74, 6) is 0.576. The maximum Gasteiger partial charge on any atom is 0.227 e. The molecule has 3 aromatic heterocycles. The molecule has 0 saturated carbocycles. The topological polar surface area (TPSA) is 71.8 Å². The van der Waals surface area contributed by atoms with E-state index >= 15 is 0 Å². The minimum Gasteiger partial charge on any atom is -0.324 e. The first-order chi connectivity index (χ1) is 15.7. The SMILES string of the molecule is CCN1CCc2ccc(Nc3nccc(-c4cn(CC)nc4-c4cccnc4)n3)cc2C1. The molecule has 5 rings (SSSR count). The lowest BCUT2D eigenvalue weighted by Gasteiger charge is -2.27. The van der Waals surface area contributed by atoms with Gasteiger partial charge in [-0.2, -0.15) is 5.10 Å². The predicted octanol–water partition coefficient (Wildman–Crippen LogP) is 4.54. The third-order valence-electron chi connectivity index (χ3n) is 5.95. The van der Waals surface area contributed by atoms with Crippen LogP contribution >= 0.6 is 0 Å². The van der Waals surface area contributed by atoms with E-state index in [9.17, 15) is 0 Å². The van der Waals surface area contributed by atoms with Gasteiger partial charge in [0.15, 0.2) is 0 Å². The van der Waals surface area contributed by atoms with E-state index in [1.54, 1.807) is 12.4 Å². The molecule has 162 valence electrons. The van der Waals surface area contributed by atoms with Crippen LogP contribution < -0.4 is 5.32 Å². The van der Waals surface area contributed by atoms with Crippen LogP contribution in [0.1, 0.15) is 25.0 Å². The van der Waals surface area contributed by atoms with Crippen LogP contribution in [0.15, 0.2) is 61.2 Å². The second kappa shape index (κ2) is 8.88. The van der Waals surface area contributed by atoms with Crippen molar-refractivity contribution in [2.45, 2.75) is 33.4 Å². The molecule has 32 heavy (non-hydrogen) atoms. The minimum atomic E-state index is 0.576. The molecule has 7 heteroatoms. The third kappa shape index (κ3) is 4.11. The molecule has 7 nitrogen and oxygen atoms in total. The van der Waals surface area contributed by atoms with E-state index in [0.717, 1.165) is 60.8 Å². The van der Waals surface area contributed by atoms with E-state index in [2.05, 4.69) is 52.2 Å². The maximum atomic E-state index is 4.81. The Morgan fingerprint density at radius 1 is 1.03 bits per heavy atom. The highest BCUT2D eigenvalue weighted by Crippen LogP contribution is 2.30. The molecule has 0 atom stereocenters. The molecule has 1 aliphatic rings. The summed E-state index contributed by atoms with van der Waals surface area (Å²) in [6, 6.07) is 12.4. The first-order valence-corrected chi connectivity index (χ1v) is 11.2. The summed E-state index contributed by atoms with van der Waals surface area (Å²) < 4.78 is 1.93. The number of nitrogens with one attached hydrogen (secondary N) is 1. The zero-order valence-corrected chi connectivity index (χ0v) is 18.5. The number of fused-ring (bicyclic) bond motifs is 1. The number of benzene rings is 1. The number of hydrogen-bond acceptors (Lipinski definition) is 6. The van der Waals surface area contributed by atoms with Crippen LogP contribution in [0.3, 0.4) is 0 Å². The summed E-state index contributed by atoms with van der Waals surface area (Å²) in [5.41, 5.74) is 7.46. The highest BCUT2D eigenvalue weighted by atomic mass is 15.3. The molecule has 0 radical (unpaired) electrons. The van der Waals surface area contributed by atoms with Crippen molar-refractivity contribution >= 4 is 11.6 Å². The number of rotatable bonds is 6. The molecule has 0 unspecified atom stereocenters. The number of anilines is 2. The second-order valence-electron chi connectivity index (χ2n) is 7.98. The summed E-state index contributed by atoms with van der Waals surface area (Å²) >= 11 is 0. The molecule has 1 N–H and O–H groups in total. The fraction of sp³-hybridized carbons (Fsp3) is 0.280. The molecule has 0 spiro atoms. The van der Waals surface area contributed by atoms with Gasteiger partial charge in [0.25, 0.3) is 0 Å². The Morgan fingerprint density at radius 3 is 2.78 bits per heavy atom. The minimum absolute atomic E-state index is 0.576. The number of aryl methyl sites for hydroxylation is 1. The molecule has 4 heterocycles. The molecule has 0 saturated heterocycles. The summed E-state index contributed by atoms with van der Waals surface area (Å²) in [6.45, 7) is 8.28. The highest BCUT2D eigenvalue weighted by molar-refractivity contribution is 5.78. The van der Waals surface area contributed by atoms with Gasteiger partial charge in [-0.1, -0.05) is 13.0 Å². The number of nitrogens with zero attached hydrogens (tertiary/aromatic N) is 6. The smallest absolute Gasteiger partial charge is 0.227 e. The van der Waals surface area contributed by atoms with Gasteiger partial charge in [0.1, 0.15) is 5.69 Å². The van der Waals surface area contributed by atoms with Gasteiger partial charge < -0.3 is 5.32 Å². The highest BCUT2D eigenvalue weighted by Gasteiger charge is 2.17. The fourth-order valence-corrected chi connectivity index (χ4v) is 4.15. The van der Waals surface area contributed by atoms with Gasteiger partial charge in [-0.25, -0.2) is 9.97 Å². The molecular weight excluding hydrogens is 398 g/mol. The summed E-state index contributed by atoms with van der Waals surface area (Å²) in [7, 11) is 0. The van der Waals surface area contributed by atoms with E-state index in [1.807, 2.05) is 35.3 Å². The largest absolute Gasteiger partial charge is 0.324 e. The van der Waals surface area contributed by atoms with Gasteiger partial charge >= 0.3 is 0 Å². The number of hydrogen-bond donors (Lipinski definition) is 1. The van der Waals surface area contributed by atoms with Crippen LogP contribution in [0.4, 0.5) is 11.6 Å². The van der Waals surface area contributed by atoms with Crippen LogP contribution in [0.5, 0.6) is 0 Å². The van der Waals surface area contributed by atoms with Crippen LogP contribution in [-0.4, -0.2) is 42.7 Å². The average molecular weight is 426 g/mol. The summed E-state index contributed by atoms with van der Waals surface area (Å²) in [5, 5.41) is 8.14. The van der Waals surface area contributed by atoms with Crippen molar-refractivity contribution < 1.29 is 0 Å². The number of aromatic nitrogens is 5. The zero-order chi connectivity index (χ0) is 21.9. The van der Waals surface area contributed by atoms with E-state index in [0.29, 0.717) is 5.95 Å². The van der Waals surface area contributed by atoms with Crippen LogP contribution in [0, 0.1) is 0 Å². The number of pyridine rings is 1. The van der Waals surface area contributed by atoms with Crippen molar-refractivity contribution in [2.75, 3.05) is 18.4 Å². The van der Waals surface area contributed by atoms with Gasteiger partial charge in [0.05, 0.1) is 5.69 Å². The number of likely N-dealkylation sites (N-methyl/N-ethyl adjacent to an activating group) is 1. The summed E-state index contributed by atoms with van der Waals surface area (Å²) in [6.07, 6.45) is 8.53. The van der Waals surface area contributed by atoms with Gasteiger partial charge in [-0.15, -0.1) is 0 Å². The lowest BCUT2D eigenvalue weighted by Crippen LogP contribution is -2.30. The normalized spacial score (nSPS) is 13.7. The fourth-order valence-electron chi connectivity index (χ4n) is 4.15. The van der Waals surface area contributed by atoms with Crippen molar-refractivity contribution in [2.24, 2.45) is 0 Å². The van der Waals surface area contributed by atoms with Gasteiger partial charge in [0.2, 0.25) is 5.95 Å². The first-order valence-electron chi connectivity index (χ1n) is 11.2. The molecule has 1 aromatic carbocycles. The van der Waals surface area contributed by atoms with Crippen molar-refractivity contribution in [3.05, 3.63) is 72.3 Å². The molecule has 0 aliphatic carbocycles. The maximum absolute atomic E-state index is 4.81. The first kappa shape index (κ1) is 20.3. The van der Waals surface area contributed by atoms with Crippen LogP contribution in [-0.2, 0) is 19.5 Å². The molecule has 0 fully saturated rings. The van der Waals surface area contributed by atoms with Gasteiger partial charge in [-0.05, 0) is 61.3 Å². The van der Waals surface area contributed by atoms with E-state index in [-0.39, 0.29) is 0 Å². The van der Waals surface area contributed by atoms with Crippen LogP contribution in [0.25, 0.3) is 22.5 Å². The van der Waals surface area contributed by atoms with Crippen LogP contribution in [0.2, 0.25) is 0 Å². The molecular formula is C25H27N7. The van der Waals surface area contributed by atoms with Crippen molar-refractivity contribution in [1.29, 1.82) is 0 Å². The summed E-state index contributed by atoms with van der Waals surface area (Å²) in [4.78, 5) is 16.0. The lowest BCUT2D eigenvalue weighted by atomic mass is 9.99. The average Bonchev–Trinajstić information content (AvgIpc) is 3.29. The van der Waals surface area contributed by atoms with E-state index in [1.165, 1.54) is 11.1 Å². The predicted molar refractivity (Wildman–Crippen MR) is 127 cm³/mol. The van der Waals surface area contributed by atoms with Crippen molar-refractivity contribution in [1.82, 2.24) is 29.6 Å². The Balaban J connectivity index is 1.45. The second-order valence-corrected chi connectivity index (χ2v) is 7.98. The zero-order valence-electron chi connectivity index (χ0n) is 18.5. The molecule has 0 amide bonds. The standard InChI is InChI=1S/C25H27N7/c1-3-31-13-10-18-7-8-21(14-20(18)16-31)28-25-27-12-9-23(29-25)22-17-32(4-2)30-24(22)19-6-5-11-26-15-19/h5-9,11-12,14-15,17H,3-4,10,13,16H2,1-2H3,(H,27,28,29). The Morgan fingerprint density at radius 2 is 1.97 bits per heavy atom. The lowest BCUT2D eigenvalue weighted by molar-refractivity contribution is 0.268. The molecule has 4 aromatic rings. The van der Waals surface area contributed by atoms with Gasteiger partial charge in [-0.3, -0.25) is 14.6 Å². The van der Waals surface area contributed by atoms with Gasteiger partial charge in [0, 0.05) is 61.2 Å². The van der Waals surface area contributed by atoms with E-state index < -0.39 is 0 Å². The molecule has 0 bridgehead atoms. The Bertz CT molecular complexity index is 1220. The third-order valence-corrected chi connectivity index (χ3v) is 5.95. The monoisotopic (exact) mass is 425 g/mol. The Kier molecular flexibility index (Phi) is 5.64. The van der Waals surface area contributed by atoms with Crippen molar-refractivity contribution in [3.8, 4) is 22.5 Å². The Labute approximate surface area is 188 Å².